The van der Waals surface area contributed by atoms with Crippen molar-refractivity contribution in [1.29, 1.82) is 0 Å². The molecule has 2 heterocycles. The number of benzene rings is 1. The summed E-state index contributed by atoms with van der Waals surface area (Å²) >= 11 is 2.92. The average molecular weight is 330 g/mol. The molecule has 3 aromatic rings. The maximum absolute atomic E-state index is 11.8. The van der Waals surface area contributed by atoms with Crippen molar-refractivity contribution in [3.05, 3.63) is 53.4 Å². The fourth-order valence-electron chi connectivity index (χ4n) is 1.81. The summed E-state index contributed by atoms with van der Waals surface area (Å²) in [6.07, 6.45) is 0. The highest BCUT2D eigenvalue weighted by Crippen LogP contribution is 2.22. The Balaban J connectivity index is 1.47. The van der Waals surface area contributed by atoms with Gasteiger partial charge in [0.2, 0.25) is 11.1 Å². The fraction of sp³-hybridized carbons (Fsp3) is 0.133. The molecule has 0 aliphatic rings. The van der Waals surface area contributed by atoms with E-state index in [0.29, 0.717) is 17.5 Å². The van der Waals surface area contributed by atoms with Crippen LogP contribution in [0.4, 0.5) is 0 Å². The van der Waals surface area contributed by atoms with Crippen LogP contribution in [0.1, 0.15) is 5.56 Å². The van der Waals surface area contributed by atoms with Gasteiger partial charge in [-0.05, 0) is 17.0 Å². The van der Waals surface area contributed by atoms with E-state index in [1.165, 1.54) is 11.8 Å². The summed E-state index contributed by atoms with van der Waals surface area (Å²) in [5.74, 6) is 1.01. The van der Waals surface area contributed by atoms with Crippen LogP contribution in [0.2, 0.25) is 0 Å². The second-order valence-corrected chi connectivity index (χ2v) is 6.39. The topological polar surface area (TPSA) is 70.7 Å². The lowest BCUT2D eigenvalue weighted by Crippen LogP contribution is -2.24. The first-order valence-corrected chi connectivity index (χ1v) is 8.57. The third-order valence-electron chi connectivity index (χ3n) is 2.88. The minimum absolute atomic E-state index is 0.0312. The van der Waals surface area contributed by atoms with Gasteiger partial charge in [0.15, 0.2) is 5.82 Å². The van der Waals surface area contributed by atoms with Crippen molar-refractivity contribution in [2.24, 2.45) is 0 Å². The molecule has 0 fully saturated rings. The van der Waals surface area contributed by atoms with Crippen molar-refractivity contribution >= 4 is 29.0 Å². The van der Waals surface area contributed by atoms with Crippen LogP contribution in [0.3, 0.4) is 0 Å². The smallest absolute Gasteiger partial charge is 0.230 e. The molecule has 0 aliphatic heterocycles. The first-order chi connectivity index (χ1) is 10.8. The molecule has 0 bridgehead atoms. The second-order valence-electron chi connectivity index (χ2n) is 4.49. The van der Waals surface area contributed by atoms with E-state index in [4.69, 9.17) is 0 Å². The van der Waals surface area contributed by atoms with Gasteiger partial charge >= 0.3 is 0 Å². The SMILES string of the molecule is O=C(CSc1n[nH]c(-c2cccs2)n1)NCc1ccccc1. The highest BCUT2D eigenvalue weighted by molar-refractivity contribution is 7.99. The molecule has 5 nitrogen and oxygen atoms in total. The number of aromatic amines is 1. The standard InChI is InChI=1S/C15H14N4OS2/c20-13(16-9-11-5-2-1-3-6-11)10-22-15-17-14(18-19-15)12-7-4-8-21-12/h1-8H,9-10H2,(H,16,20)(H,17,18,19). The van der Waals surface area contributed by atoms with E-state index < -0.39 is 0 Å². The molecule has 0 saturated heterocycles. The predicted molar refractivity (Wildman–Crippen MR) is 88.7 cm³/mol. The summed E-state index contributed by atoms with van der Waals surface area (Å²) in [5.41, 5.74) is 1.08. The van der Waals surface area contributed by atoms with E-state index in [2.05, 4.69) is 20.5 Å². The first-order valence-electron chi connectivity index (χ1n) is 6.71. The van der Waals surface area contributed by atoms with Crippen LogP contribution >= 0.6 is 23.1 Å². The lowest BCUT2D eigenvalue weighted by Gasteiger charge is -2.03. The molecule has 0 atom stereocenters. The van der Waals surface area contributed by atoms with Gasteiger partial charge in [-0.15, -0.1) is 16.4 Å². The number of aromatic nitrogens is 3. The van der Waals surface area contributed by atoms with Gasteiger partial charge in [0.25, 0.3) is 0 Å². The minimum atomic E-state index is -0.0312. The first kappa shape index (κ1) is 14.8. The highest BCUT2D eigenvalue weighted by Gasteiger charge is 2.09. The molecule has 1 amide bonds. The van der Waals surface area contributed by atoms with Crippen LogP contribution in [0, 0.1) is 0 Å². The van der Waals surface area contributed by atoms with E-state index >= 15 is 0 Å². The molecule has 0 aliphatic carbocycles. The number of H-pyrrole nitrogens is 1. The number of hydrogen-bond acceptors (Lipinski definition) is 5. The number of carbonyl (C=O) groups is 1. The maximum atomic E-state index is 11.8. The molecule has 112 valence electrons. The molecular weight excluding hydrogens is 316 g/mol. The molecule has 22 heavy (non-hydrogen) atoms. The summed E-state index contributed by atoms with van der Waals surface area (Å²) in [6.45, 7) is 0.536. The number of nitrogens with one attached hydrogen (secondary N) is 2. The molecule has 3 rings (SSSR count). The van der Waals surface area contributed by atoms with Gasteiger partial charge in [-0.1, -0.05) is 48.2 Å². The zero-order chi connectivity index (χ0) is 15.2. The Bertz CT molecular complexity index is 725. The van der Waals surface area contributed by atoms with Crippen LogP contribution in [-0.2, 0) is 11.3 Å². The third-order valence-corrected chi connectivity index (χ3v) is 4.61. The molecular formula is C15H14N4OS2. The quantitative estimate of drug-likeness (QED) is 0.682. The van der Waals surface area contributed by atoms with Crippen molar-refractivity contribution in [2.45, 2.75) is 11.7 Å². The van der Waals surface area contributed by atoms with Gasteiger partial charge in [0, 0.05) is 6.54 Å². The minimum Gasteiger partial charge on any atom is -0.351 e. The highest BCUT2D eigenvalue weighted by atomic mass is 32.2. The Labute approximate surface area is 136 Å². The fourth-order valence-corrected chi connectivity index (χ4v) is 3.10. The van der Waals surface area contributed by atoms with E-state index in [0.717, 1.165) is 16.3 Å². The second kappa shape index (κ2) is 7.24. The van der Waals surface area contributed by atoms with Crippen molar-refractivity contribution < 1.29 is 4.79 Å². The van der Waals surface area contributed by atoms with Gasteiger partial charge in [-0.25, -0.2) is 4.98 Å². The summed E-state index contributed by atoms with van der Waals surface area (Å²) < 4.78 is 0. The Morgan fingerprint density at radius 2 is 2.09 bits per heavy atom. The molecule has 0 saturated carbocycles. The summed E-state index contributed by atoms with van der Waals surface area (Å²) in [4.78, 5) is 17.2. The number of hydrogen-bond donors (Lipinski definition) is 2. The maximum Gasteiger partial charge on any atom is 0.230 e. The largest absolute Gasteiger partial charge is 0.351 e. The van der Waals surface area contributed by atoms with Crippen molar-refractivity contribution in [3.8, 4) is 10.7 Å². The normalized spacial score (nSPS) is 10.5. The van der Waals surface area contributed by atoms with Crippen LogP contribution in [0.25, 0.3) is 10.7 Å². The monoisotopic (exact) mass is 330 g/mol. The van der Waals surface area contributed by atoms with Crippen molar-refractivity contribution in [1.82, 2.24) is 20.5 Å². The van der Waals surface area contributed by atoms with Crippen LogP contribution < -0.4 is 5.32 Å². The Hall–Kier alpha value is -2.12. The van der Waals surface area contributed by atoms with Crippen LogP contribution in [-0.4, -0.2) is 26.8 Å². The lowest BCUT2D eigenvalue weighted by atomic mass is 10.2. The van der Waals surface area contributed by atoms with Crippen LogP contribution in [0.15, 0.2) is 53.0 Å². The van der Waals surface area contributed by atoms with Crippen molar-refractivity contribution in [2.75, 3.05) is 5.75 Å². The average Bonchev–Trinajstić information content (AvgIpc) is 3.22. The van der Waals surface area contributed by atoms with Crippen LogP contribution in [0.5, 0.6) is 0 Å². The zero-order valence-electron chi connectivity index (χ0n) is 11.7. The number of thioether (sulfide) groups is 1. The summed E-state index contributed by atoms with van der Waals surface area (Å²) in [5, 5.41) is 12.5. The molecule has 0 radical (unpaired) electrons. The number of carbonyl (C=O) groups excluding carboxylic acids is 1. The van der Waals surface area contributed by atoms with Gasteiger partial charge in [-0.2, -0.15) is 0 Å². The molecule has 2 aromatic heterocycles. The van der Waals surface area contributed by atoms with E-state index in [9.17, 15) is 4.79 Å². The van der Waals surface area contributed by atoms with Gasteiger partial charge in [0.05, 0.1) is 10.6 Å². The lowest BCUT2D eigenvalue weighted by molar-refractivity contribution is -0.118. The number of rotatable bonds is 6. The molecule has 0 unspecified atom stereocenters. The van der Waals surface area contributed by atoms with Crippen molar-refractivity contribution in [3.63, 3.8) is 0 Å². The third kappa shape index (κ3) is 3.96. The number of amides is 1. The predicted octanol–water partition coefficient (Wildman–Crippen LogP) is 2.94. The van der Waals surface area contributed by atoms with Gasteiger partial charge < -0.3 is 5.32 Å². The number of nitrogens with zero attached hydrogens (tertiary/aromatic N) is 2. The molecule has 7 heteroatoms. The van der Waals surface area contributed by atoms with E-state index in [-0.39, 0.29) is 5.91 Å². The Morgan fingerprint density at radius 1 is 1.23 bits per heavy atom. The van der Waals surface area contributed by atoms with Gasteiger partial charge in [0.1, 0.15) is 0 Å². The molecule has 1 aromatic carbocycles. The molecule has 2 N–H and O–H groups in total. The van der Waals surface area contributed by atoms with Gasteiger partial charge in [-0.3, -0.25) is 9.89 Å². The van der Waals surface area contributed by atoms with E-state index in [1.807, 2.05) is 47.8 Å². The molecule has 0 spiro atoms. The Kier molecular flexibility index (Phi) is 4.87. The Morgan fingerprint density at radius 3 is 2.86 bits per heavy atom. The number of thiophene rings is 1. The summed E-state index contributed by atoms with van der Waals surface area (Å²) in [7, 11) is 0. The summed E-state index contributed by atoms with van der Waals surface area (Å²) in [6, 6.07) is 13.8. The zero-order valence-corrected chi connectivity index (χ0v) is 13.3. The van der Waals surface area contributed by atoms with E-state index in [1.54, 1.807) is 11.3 Å².